The first kappa shape index (κ1) is 23.1. The van der Waals surface area contributed by atoms with Crippen LogP contribution in [0.4, 0.5) is 5.69 Å². The highest BCUT2D eigenvalue weighted by molar-refractivity contribution is 6.31. The van der Waals surface area contributed by atoms with Crippen molar-refractivity contribution in [2.75, 3.05) is 25.6 Å². The van der Waals surface area contributed by atoms with E-state index in [0.717, 1.165) is 12.0 Å². The van der Waals surface area contributed by atoms with Gasteiger partial charge in [-0.15, -0.1) is 0 Å². The maximum atomic E-state index is 13.5. The van der Waals surface area contributed by atoms with Crippen molar-refractivity contribution in [2.24, 2.45) is 0 Å². The Bertz CT molecular complexity index is 939. The summed E-state index contributed by atoms with van der Waals surface area (Å²) in [6.07, 6.45) is 1.76. The van der Waals surface area contributed by atoms with Gasteiger partial charge in [-0.2, -0.15) is 0 Å². The van der Waals surface area contributed by atoms with E-state index >= 15 is 0 Å². The fourth-order valence-corrected chi connectivity index (χ4v) is 4.04. The maximum absolute atomic E-state index is 13.5. The average molecular weight is 446 g/mol. The normalized spacial score (nSPS) is 16.3. The van der Waals surface area contributed by atoms with Crippen LogP contribution < -0.4 is 10.1 Å². The second kappa shape index (κ2) is 10.2. The van der Waals surface area contributed by atoms with Crippen molar-refractivity contribution in [3.05, 3.63) is 58.6 Å². The Kier molecular flexibility index (Phi) is 7.57. The van der Waals surface area contributed by atoms with Crippen molar-refractivity contribution in [1.29, 1.82) is 0 Å². The summed E-state index contributed by atoms with van der Waals surface area (Å²) in [4.78, 5) is 25.9. The van der Waals surface area contributed by atoms with Crippen LogP contribution in [-0.4, -0.2) is 38.3 Å². The van der Waals surface area contributed by atoms with Gasteiger partial charge in [0.05, 0.1) is 18.6 Å². The Balaban J connectivity index is 1.93. The molecule has 0 radical (unpaired) electrons. The topological polar surface area (TPSA) is 73.9 Å². The van der Waals surface area contributed by atoms with Crippen LogP contribution in [0.2, 0.25) is 5.02 Å². The van der Waals surface area contributed by atoms with E-state index in [9.17, 15) is 9.59 Å². The predicted molar refractivity (Wildman–Crippen MR) is 120 cm³/mol. The van der Waals surface area contributed by atoms with Crippen molar-refractivity contribution in [3.63, 3.8) is 0 Å². The zero-order valence-electron chi connectivity index (χ0n) is 18.1. The number of esters is 1. The van der Waals surface area contributed by atoms with Crippen LogP contribution in [-0.2, 0) is 19.7 Å². The van der Waals surface area contributed by atoms with Gasteiger partial charge in [0.15, 0.2) is 0 Å². The molecule has 166 valence electrons. The molecule has 1 amide bonds. The third-order valence-corrected chi connectivity index (χ3v) is 6.05. The molecule has 1 heterocycles. The molecule has 1 aliphatic heterocycles. The van der Waals surface area contributed by atoms with Crippen molar-refractivity contribution in [1.82, 2.24) is 0 Å². The Hall–Kier alpha value is -2.57. The van der Waals surface area contributed by atoms with Gasteiger partial charge in [0.25, 0.3) is 0 Å². The number of rotatable bonds is 7. The van der Waals surface area contributed by atoms with Gasteiger partial charge in [-0.3, -0.25) is 4.79 Å². The summed E-state index contributed by atoms with van der Waals surface area (Å²) >= 11 is 6.46. The molecule has 7 heteroatoms. The molecule has 1 N–H and O–H groups in total. The van der Waals surface area contributed by atoms with E-state index in [1.807, 2.05) is 32.0 Å². The van der Waals surface area contributed by atoms with E-state index < -0.39 is 11.4 Å². The van der Waals surface area contributed by atoms with Crippen LogP contribution in [0, 0.1) is 0 Å². The lowest BCUT2D eigenvalue weighted by Gasteiger charge is -2.36. The van der Waals surface area contributed by atoms with Crippen molar-refractivity contribution >= 4 is 29.2 Å². The van der Waals surface area contributed by atoms with E-state index in [1.165, 1.54) is 7.11 Å². The summed E-state index contributed by atoms with van der Waals surface area (Å²) in [6, 6.07) is 12.4. The third kappa shape index (κ3) is 5.02. The second-order valence-electron chi connectivity index (χ2n) is 7.67. The Morgan fingerprint density at radius 1 is 1.19 bits per heavy atom. The fraction of sp³-hybridized carbons (Fsp3) is 0.417. The van der Waals surface area contributed by atoms with Crippen LogP contribution in [0.25, 0.3) is 0 Å². The number of benzene rings is 2. The van der Waals surface area contributed by atoms with E-state index in [1.54, 1.807) is 24.3 Å². The second-order valence-corrected chi connectivity index (χ2v) is 8.07. The van der Waals surface area contributed by atoms with Crippen molar-refractivity contribution in [3.8, 4) is 5.75 Å². The summed E-state index contributed by atoms with van der Waals surface area (Å²) in [5.41, 5.74) is 0.718. The third-order valence-electron chi connectivity index (χ3n) is 5.72. The fourth-order valence-electron chi connectivity index (χ4n) is 3.72. The lowest BCUT2D eigenvalue weighted by molar-refractivity contribution is -0.125. The molecule has 3 rings (SSSR count). The highest BCUT2D eigenvalue weighted by atomic mass is 35.5. The summed E-state index contributed by atoms with van der Waals surface area (Å²) < 4.78 is 16.3. The molecule has 0 aromatic heterocycles. The van der Waals surface area contributed by atoms with Crippen molar-refractivity contribution < 1.29 is 23.8 Å². The van der Waals surface area contributed by atoms with E-state index in [-0.39, 0.29) is 17.6 Å². The SMILES string of the molecule is CC[C@@H](C)Oc1ccc(NC(=O)C2(c3ccccc3Cl)CCOCC2)cc1C(=O)OC. The molecule has 0 aliphatic carbocycles. The molecule has 0 saturated carbocycles. The number of halogens is 1. The number of carbonyl (C=O) groups excluding carboxylic acids is 2. The number of anilines is 1. The Labute approximate surface area is 187 Å². The molecule has 2 aromatic carbocycles. The monoisotopic (exact) mass is 445 g/mol. The highest BCUT2D eigenvalue weighted by Gasteiger charge is 2.43. The van der Waals surface area contributed by atoms with Gasteiger partial charge in [0, 0.05) is 23.9 Å². The first-order valence-electron chi connectivity index (χ1n) is 10.4. The number of carbonyl (C=O) groups is 2. The van der Waals surface area contributed by atoms with Crippen LogP contribution in [0.15, 0.2) is 42.5 Å². The standard InChI is InChI=1S/C24H28ClNO5/c1-4-16(2)31-21-10-9-17(15-18(21)22(27)29-3)26-23(28)24(11-13-30-14-12-24)19-7-5-6-8-20(19)25/h5-10,15-16H,4,11-14H2,1-3H3,(H,26,28)/t16-/m1/s1. The van der Waals surface area contributed by atoms with Gasteiger partial charge < -0.3 is 19.5 Å². The number of ether oxygens (including phenoxy) is 3. The van der Waals surface area contributed by atoms with Crippen LogP contribution in [0.5, 0.6) is 5.75 Å². The molecular weight excluding hydrogens is 418 g/mol. The number of hydrogen-bond acceptors (Lipinski definition) is 5. The maximum Gasteiger partial charge on any atom is 0.341 e. The summed E-state index contributed by atoms with van der Waals surface area (Å²) in [5.74, 6) is -0.289. The van der Waals surface area contributed by atoms with Crippen molar-refractivity contribution in [2.45, 2.75) is 44.6 Å². The zero-order chi connectivity index (χ0) is 22.4. The van der Waals surface area contributed by atoms with Gasteiger partial charge in [-0.05, 0) is 56.0 Å². The molecule has 1 aliphatic rings. The summed E-state index contributed by atoms with van der Waals surface area (Å²) in [7, 11) is 1.31. The molecule has 6 nitrogen and oxygen atoms in total. The predicted octanol–water partition coefficient (Wildman–Crippen LogP) is 4.99. The van der Waals surface area contributed by atoms with Gasteiger partial charge in [0.2, 0.25) is 5.91 Å². The molecular formula is C24H28ClNO5. The number of amides is 1. The highest BCUT2D eigenvalue weighted by Crippen LogP contribution is 2.40. The number of nitrogens with one attached hydrogen (secondary N) is 1. The van der Waals surface area contributed by atoms with Gasteiger partial charge in [-0.25, -0.2) is 4.79 Å². The Morgan fingerprint density at radius 3 is 2.55 bits per heavy atom. The average Bonchev–Trinajstić information content (AvgIpc) is 2.80. The van der Waals surface area contributed by atoms with Crippen LogP contribution in [0.1, 0.15) is 49.0 Å². The first-order valence-corrected chi connectivity index (χ1v) is 10.8. The van der Waals surface area contributed by atoms with Crippen LogP contribution >= 0.6 is 11.6 Å². The minimum absolute atomic E-state index is 0.0606. The van der Waals surface area contributed by atoms with Gasteiger partial charge >= 0.3 is 5.97 Å². The summed E-state index contributed by atoms with van der Waals surface area (Å²) in [6.45, 7) is 4.86. The van der Waals surface area contributed by atoms with E-state index in [0.29, 0.717) is 42.5 Å². The lowest BCUT2D eigenvalue weighted by atomic mass is 9.73. The first-order chi connectivity index (χ1) is 14.9. The number of hydrogen-bond donors (Lipinski definition) is 1. The molecule has 0 spiro atoms. The zero-order valence-corrected chi connectivity index (χ0v) is 18.8. The minimum Gasteiger partial charge on any atom is -0.490 e. The summed E-state index contributed by atoms with van der Waals surface area (Å²) in [5, 5.41) is 3.52. The van der Waals surface area contributed by atoms with Gasteiger partial charge in [-0.1, -0.05) is 36.7 Å². The minimum atomic E-state index is -0.812. The van der Waals surface area contributed by atoms with E-state index in [2.05, 4.69) is 5.32 Å². The quantitative estimate of drug-likeness (QED) is 0.607. The van der Waals surface area contributed by atoms with Crippen LogP contribution in [0.3, 0.4) is 0 Å². The van der Waals surface area contributed by atoms with E-state index in [4.69, 9.17) is 25.8 Å². The van der Waals surface area contributed by atoms with Gasteiger partial charge in [0.1, 0.15) is 11.3 Å². The largest absolute Gasteiger partial charge is 0.490 e. The smallest absolute Gasteiger partial charge is 0.341 e. The molecule has 2 aromatic rings. The Morgan fingerprint density at radius 2 is 1.90 bits per heavy atom. The molecule has 31 heavy (non-hydrogen) atoms. The molecule has 1 fully saturated rings. The molecule has 1 saturated heterocycles. The number of methoxy groups -OCH3 is 1. The molecule has 0 bridgehead atoms. The lowest BCUT2D eigenvalue weighted by Crippen LogP contribution is -2.45. The molecule has 1 atom stereocenters. The molecule has 0 unspecified atom stereocenters.